The summed E-state index contributed by atoms with van der Waals surface area (Å²) in [5.41, 5.74) is 15.8. The molecule has 2 heterocycles. The maximum atomic E-state index is 6.93. The minimum absolute atomic E-state index is 0.210. The van der Waals surface area contributed by atoms with E-state index in [0.717, 1.165) is 55.0 Å². The summed E-state index contributed by atoms with van der Waals surface area (Å²) in [6.45, 7) is 4.75. The average molecular weight is 753 g/mol. The Bertz CT molecular complexity index is 3690. The summed E-state index contributed by atoms with van der Waals surface area (Å²) in [5.74, 6) is 0. The zero-order chi connectivity index (χ0) is 39.0. The molecule has 0 fully saturated rings. The molecule has 1 aliphatic carbocycles. The van der Waals surface area contributed by atoms with Gasteiger partial charge in [-0.2, -0.15) is 0 Å². The van der Waals surface area contributed by atoms with Crippen LogP contribution in [0.25, 0.3) is 121 Å². The Kier molecular flexibility index (Phi) is 6.54. The molecule has 1 aliphatic rings. The topological polar surface area (TPSA) is 26.3 Å². The van der Waals surface area contributed by atoms with Crippen molar-refractivity contribution in [2.75, 3.05) is 0 Å². The third kappa shape index (κ3) is 4.52. The van der Waals surface area contributed by atoms with Crippen molar-refractivity contribution in [2.45, 2.75) is 19.3 Å². The van der Waals surface area contributed by atoms with Gasteiger partial charge in [0, 0.05) is 32.5 Å². The van der Waals surface area contributed by atoms with Crippen molar-refractivity contribution in [3.05, 3.63) is 193 Å². The number of furan rings is 2. The van der Waals surface area contributed by atoms with Crippen molar-refractivity contribution in [3.63, 3.8) is 0 Å². The lowest BCUT2D eigenvalue weighted by atomic mass is 9.80. The van der Waals surface area contributed by atoms with Crippen molar-refractivity contribution in [3.8, 4) is 44.5 Å². The highest BCUT2D eigenvalue weighted by atomic mass is 16.3. The van der Waals surface area contributed by atoms with Crippen LogP contribution < -0.4 is 0 Å². The van der Waals surface area contributed by atoms with Crippen molar-refractivity contribution < 1.29 is 8.83 Å². The first-order valence-electron chi connectivity index (χ1n) is 20.5. The summed E-state index contributed by atoms with van der Waals surface area (Å²) in [5, 5.41) is 11.8. The van der Waals surface area contributed by atoms with Gasteiger partial charge in [0.2, 0.25) is 0 Å². The van der Waals surface area contributed by atoms with E-state index >= 15 is 0 Å². The van der Waals surface area contributed by atoms with Crippen molar-refractivity contribution in [1.82, 2.24) is 0 Å². The second kappa shape index (κ2) is 11.8. The number of hydrogen-bond acceptors (Lipinski definition) is 2. The van der Waals surface area contributed by atoms with Gasteiger partial charge >= 0.3 is 0 Å². The SMILES string of the molecule is CC1(C)c2ccc(-c3c4oc5cc6ccccc6cc5c4cc4oc5ccccc5c34)cc2-c2ccc(-c3c4ccccc4c(-c4ccccc4)c4ccccc34)cc21. The van der Waals surface area contributed by atoms with E-state index in [1.807, 2.05) is 6.07 Å². The summed E-state index contributed by atoms with van der Waals surface area (Å²) in [6.07, 6.45) is 0. The van der Waals surface area contributed by atoms with Gasteiger partial charge in [-0.3, -0.25) is 0 Å². The normalized spacial score (nSPS) is 13.4. The molecule has 0 saturated carbocycles. The molecule has 0 radical (unpaired) electrons. The lowest BCUT2D eigenvalue weighted by Gasteiger charge is -2.23. The fourth-order valence-electron chi connectivity index (χ4n) is 10.5. The summed E-state index contributed by atoms with van der Waals surface area (Å²) >= 11 is 0. The molecule has 0 bridgehead atoms. The molecule has 0 amide bonds. The molecular weight excluding hydrogens is 717 g/mol. The summed E-state index contributed by atoms with van der Waals surface area (Å²) in [7, 11) is 0. The molecule has 0 aliphatic heterocycles. The molecule has 13 rings (SSSR count). The molecule has 0 N–H and O–H groups in total. The third-order valence-electron chi connectivity index (χ3n) is 13.2. The smallest absolute Gasteiger partial charge is 0.144 e. The van der Waals surface area contributed by atoms with Crippen LogP contribution in [0, 0.1) is 0 Å². The molecule has 2 nitrogen and oxygen atoms in total. The maximum Gasteiger partial charge on any atom is 0.144 e. The highest BCUT2D eigenvalue weighted by Crippen LogP contribution is 2.54. The molecule has 0 saturated heterocycles. The molecule has 0 unspecified atom stereocenters. The highest BCUT2D eigenvalue weighted by molar-refractivity contribution is 6.25. The molecule has 59 heavy (non-hydrogen) atoms. The van der Waals surface area contributed by atoms with Gasteiger partial charge in [0.05, 0.1) is 0 Å². The standard InChI is InChI=1S/C57H36O2/c1-57(2)47-27-25-36(54-55-43-22-12-13-23-49(43)58-51(55)32-46-45-28-34-16-6-7-17-35(34)31-50(45)59-56(46)54)29-44(47)38-26-24-37(30-48(38)57)53-41-20-10-8-18-39(41)52(33-14-4-3-5-15-33)40-19-9-11-21-42(40)53/h3-32H,1-2H3. The predicted molar refractivity (Wildman–Crippen MR) is 247 cm³/mol. The Morgan fingerprint density at radius 3 is 1.66 bits per heavy atom. The van der Waals surface area contributed by atoms with Crippen molar-refractivity contribution in [2.24, 2.45) is 0 Å². The van der Waals surface area contributed by atoms with Gasteiger partial charge in [0.25, 0.3) is 0 Å². The monoisotopic (exact) mass is 752 g/mol. The van der Waals surface area contributed by atoms with Crippen LogP contribution in [-0.4, -0.2) is 0 Å². The molecule has 2 aromatic heterocycles. The van der Waals surface area contributed by atoms with E-state index in [-0.39, 0.29) is 5.41 Å². The Balaban J connectivity index is 1.04. The molecule has 0 spiro atoms. The Hall–Kier alpha value is -7.42. The molecule has 2 heteroatoms. The second-order valence-electron chi connectivity index (χ2n) is 16.8. The first-order valence-corrected chi connectivity index (χ1v) is 20.5. The number of fused-ring (bicyclic) bond motifs is 12. The molecule has 276 valence electrons. The lowest BCUT2D eigenvalue weighted by Crippen LogP contribution is -2.15. The fourth-order valence-corrected chi connectivity index (χ4v) is 10.5. The van der Waals surface area contributed by atoms with Crippen LogP contribution in [0.2, 0.25) is 0 Å². The first kappa shape index (κ1) is 32.6. The second-order valence-corrected chi connectivity index (χ2v) is 16.8. The van der Waals surface area contributed by atoms with E-state index < -0.39 is 0 Å². The molecule has 10 aromatic carbocycles. The van der Waals surface area contributed by atoms with E-state index in [2.05, 4.69) is 190 Å². The van der Waals surface area contributed by atoms with Gasteiger partial charge in [-0.15, -0.1) is 0 Å². The zero-order valence-corrected chi connectivity index (χ0v) is 32.6. The number of para-hydroxylation sites is 1. The van der Waals surface area contributed by atoms with E-state index in [0.29, 0.717) is 0 Å². The van der Waals surface area contributed by atoms with Gasteiger partial charge < -0.3 is 8.83 Å². The largest absolute Gasteiger partial charge is 0.456 e. The summed E-state index contributed by atoms with van der Waals surface area (Å²) in [4.78, 5) is 0. The van der Waals surface area contributed by atoms with Crippen molar-refractivity contribution >= 4 is 76.2 Å². The van der Waals surface area contributed by atoms with Gasteiger partial charge in [-0.1, -0.05) is 159 Å². The van der Waals surface area contributed by atoms with Crippen LogP contribution in [0.15, 0.2) is 191 Å². The lowest BCUT2D eigenvalue weighted by molar-refractivity contribution is 0.660. The van der Waals surface area contributed by atoms with Crippen LogP contribution in [0.4, 0.5) is 0 Å². The minimum Gasteiger partial charge on any atom is -0.456 e. The van der Waals surface area contributed by atoms with Crippen molar-refractivity contribution in [1.29, 1.82) is 0 Å². The summed E-state index contributed by atoms with van der Waals surface area (Å²) < 4.78 is 13.5. The number of rotatable bonds is 3. The van der Waals surface area contributed by atoms with E-state index in [1.165, 1.54) is 76.8 Å². The Labute approximate surface area is 340 Å². The number of benzene rings is 10. The molecule has 0 atom stereocenters. The third-order valence-corrected chi connectivity index (χ3v) is 13.2. The minimum atomic E-state index is -0.210. The quantitative estimate of drug-likeness (QED) is 0.168. The van der Waals surface area contributed by atoms with Crippen LogP contribution in [0.1, 0.15) is 25.0 Å². The number of hydrogen-bond donors (Lipinski definition) is 0. The van der Waals surface area contributed by atoms with Gasteiger partial charge in [-0.25, -0.2) is 0 Å². The molecular formula is C57H36O2. The van der Waals surface area contributed by atoms with Gasteiger partial charge in [-0.05, 0) is 119 Å². The van der Waals surface area contributed by atoms with E-state index in [4.69, 9.17) is 8.83 Å². The first-order chi connectivity index (χ1) is 29.0. The summed E-state index contributed by atoms with van der Waals surface area (Å²) in [6, 6.07) is 66.4. The molecule has 12 aromatic rings. The van der Waals surface area contributed by atoms with Crippen LogP contribution >= 0.6 is 0 Å². The van der Waals surface area contributed by atoms with Crippen LogP contribution in [-0.2, 0) is 5.41 Å². The van der Waals surface area contributed by atoms with Crippen LogP contribution in [0.3, 0.4) is 0 Å². The van der Waals surface area contributed by atoms with Gasteiger partial charge in [0.15, 0.2) is 0 Å². The van der Waals surface area contributed by atoms with Gasteiger partial charge in [0.1, 0.15) is 22.3 Å². The zero-order valence-electron chi connectivity index (χ0n) is 32.6. The Morgan fingerprint density at radius 2 is 0.932 bits per heavy atom. The maximum absolute atomic E-state index is 6.93. The van der Waals surface area contributed by atoms with E-state index in [1.54, 1.807) is 0 Å². The average Bonchev–Trinajstić information content (AvgIpc) is 3.90. The fraction of sp³-hybridized carbons (Fsp3) is 0.0526. The van der Waals surface area contributed by atoms with Crippen LogP contribution in [0.5, 0.6) is 0 Å². The highest BCUT2D eigenvalue weighted by Gasteiger charge is 2.36. The van der Waals surface area contributed by atoms with E-state index in [9.17, 15) is 0 Å². The Morgan fingerprint density at radius 1 is 0.339 bits per heavy atom. The predicted octanol–water partition coefficient (Wildman–Crippen LogP) is 16.3.